The van der Waals surface area contributed by atoms with Crippen molar-refractivity contribution < 1.29 is 4.79 Å². The van der Waals surface area contributed by atoms with Gasteiger partial charge in [-0.3, -0.25) is 4.79 Å². The van der Waals surface area contributed by atoms with Gasteiger partial charge in [-0.2, -0.15) is 0 Å². The van der Waals surface area contributed by atoms with Gasteiger partial charge in [0.05, 0.1) is 0 Å². The molecule has 0 radical (unpaired) electrons. The van der Waals surface area contributed by atoms with Crippen molar-refractivity contribution >= 4 is 5.91 Å². The van der Waals surface area contributed by atoms with Crippen molar-refractivity contribution in [3.63, 3.8) is 0 Å². The first kappa shape index (κ1) is 8.51. The van der Waals surface area contributed by atoms with Crippen molar-refractivity contribution in [3.8, 4) is 11.8 Å². The third kappa shape index (κ3) is 4.66. The molecule has 0 aromatic heterocycles. The molecule has 0 unspecified atom stereocenters. The van der Waals surface area contributed by atoms with Gasteiger partial charge in [-0.25, -0.2) is 0 Å². The van der Waals surface area contributed by atoms with E-state index in [1.54, 1.807) is 19.1 Å². The minimum absolute atomic E-state index is 0.614. The second kappa shape index (κ2) is 4.39. The molecule has 0 aromatic carbocycles. The van der Waals surface area contributed by atoms with Crippen LogP contribution in [0, 0.1) is 11.8 Å². The van der Waals surface area contributed by atoms with Gasteiger partial charge >= 0.3 is 0 Å². The predicted octanol–water partition coefficient (Wildman–Crippen LogP) is 0.607. The highest BCUT2D eigenvalue weighted by atomic mass is 16.1. The number of carbonyl (C=O) groups excluding carboxylic acids is 1. The first-order valence-electron chi connectivity index (χ1n) is 2.77. The lowest BCUT2D eigenvalue weighted by atomic mass is 10.3. The molecule has 52 valence electrons. The van der Waals surface area contributed by atoms with Crippen LogP contribution in [-0.2, 0) is 4.79 Å². The van der Waals surface area contributed by atoms with Crippen molar-refractivity contribution in [2.24, 2.45) is 5.73 Å². The lowest BCUT2D eigenvalue weighted by Crippen LogP contribution is -2.06. The fraction of sp³-hybridized carbons (Fsp3) is 0.125. The van der Waals surface area contributed by atoms with Crippen LogP contribution in [-0.4, -0.2) is 5.91 Å². The molecule has 2 heteroatoms. The Labute approximate surface area is 60.4 Å². The maximum absolute atomic E-state index is 10.1. The first-order valence-corrected chi connectivity index (χ1v) is 2.77. The zero-order valence-corrected chi connectivity index (χ0v) is 5.85. The summed E-state index contributed by atoms with van der Waals surface area (Å²) in [5.41, 5.74) is 5.54. The minimum atomic E-state index is -0.614. The molecule has 0 aliphatic heterocycles. The molecule has 0 aliphatic rings. The van der Waals surface area contributed by atoms with Gasteiger partial charge in [0.2, 0.25) is 0 Å². The molecule has 0 aromatic rings. The summed E-state index contributed by atoms with van der Waals surface area (Å²) in [7, 11) is 0. The number of carbonyl (C=O) groups is 1. The number of rotatable bonds is 1. The van der Waals surface area contributed by atoms with E-state index in [1.165, 1.54) is 0 Å². The van der Waals surface area contributed by atoms with Crippen molar-refractivity contribution in [2.45, 2.75) is 6.92 Å². The summed E-state index contributed by atoms with van der Waals surface area (Å²) in [6.45, 7) is 5.24. The zero-order valence-electron chi connectivity index (χ0n) is 5.85. The Kier molecular flexibility index (Phi) is 3.74. The average Bonchev–Trinajstić information content (AvgIpc) is 1.85. The minimum Gasteiger partial charge on any atom is -0.359 e. The molecule has 0 saturated carbocycles. The summed E-state index contributed by atoms with van der Waals surface area (Å²) in [4.78, 5) is 10.1. The van der Waals surface area contributed by atoms with Crippen LogP contribution in [0.3, 0.4) is 0 Å². The van der Waals surface area contributed by atoms with E-state index in [4.69, 9.17) is 5.73 Å². The monoisotopic (exact) mass is 135 g/mol. The van der Waals surface area contributed by atoms with E-state index in [9.17, 15) is 4.79 Å². The Bertz CT molecular complexity index is 227. The summed E-state index contributed by atoms with van der Waals surface area (Å²) in [5, 5.41) is 0. The normalized spacial score (nSPS) is 9.50. The maximum atomic E-state index is 10.1. The van der Waals surface area contributed by atoms with Crippen molar-refractivity contribution in [2.75, 3.05) is 0 Å². The number of allylic oxidation sites excluding steroid dienone is 3. The molecule has 1 amide bonds. The van der Waals surface area contributed by atoms with Gasteiger partial charge in [-0.05, 0) is 18.4 Å². The average molecular weight is 135 g/mol. The molecule has 2 N–H and O–H groups in total. The molecule has 0 rings (SSSR count). The summed E-state index contributed by atoms with van der Waals surface area (Å²) in [6, 6.07) is 0. The van der Waals surface area contributed by atoms with E-state index in [0.717, 1.165) is 5.57 Å². The topological polar surface area (TPSA) is 43.1 Å². The van der Waals surface area contributed by atoms with Crippen LogP contribution in [0.1, 0.15) is 6.92 Å². The fourth-order valence-corrected chi connectivity index (χ4v) is 0.379. The highest BCUT2D eigenvalue weighted by molar-refractivity contribution is 5.92. The Hall–Kier alpha value is -1.49. The summed E-state index contributed by atoms with van der Waals surface area (Å²) >= 11 is 0. The van der Waals surface area contributed by atoms with E-state index in [2.05, 4.69) is 18.4 Å². The summed E-state index contributed by atoms with van der Waals surface area (Å²) < 4.78 is 0. The van der Waals surface area contributed by atoms with Crippen LogP contribution in [0.25, 0.3) is 0 Å². The smallest absolute Gasteiger partial charge is 0.293 e. The maximum Gasteiger partial charge on any atom is 0.293 e. The van der Waals surface area contributed by atoms with Crippen LogP contribution in [0.2, 0.25) is 0 Å². The van der Waals surface area contributed by atoms with Crippen molar-refractivity contribution in [3.05, 3.63) is 24.3 Å². The number of hydrogen-bond acceptors (Lipinski definition) is 1. The lowest BCUT2D eigenvalue weighted by molar-refractivity contribution is -0.112. The molecular weight excluding hydrogens is 126 g/mol. The van der Waals surface area contributed by atoms with Gasteiger partial charge < -0.3 is 5.73 Å². The molecule has 0 fully saturated rings. The lowest BCUT2D eigenvalue weighted by Gasteiger charge is -1.79. The number of hydrogen-bond donors (Lipinski definition) is 1. The molecular formula is C8H9NO. The van der Waals surface area contributed by atoms with Crippen LogP contribution in [0.15, 0.2) is 24.3 Å². The van der Waals surface area contributed by atoms with Crippen molar-refractivity contribution in [1.82, 2.24) is 0 Å². The predicted molar refractivity (Wildman–Crippen MR) is 40.9 cm³/mol. The number of amides is 1. The Morgan fingerprint density at radius 1 is 1.60 bits per heavy atom. The zero-order chi connectivity index (χ0) is 7.98. The highest BCUT2D eigenvalue weighted by Gasteiger charge is 1.79. The quantitative estimate of drug-likeness (QED) is 0.415. The summed E-state index contributed by atoms with van der Waals surface area (Å²) in [5.74, 6) is 4.14. The molecule has 10 heavy (non-hydrogen) atoms. The second-order valence-corrected chi connectivity index (χ2v) is 1.70. The number of primary amides is 1. The fourth-order valence-electron chi connectivity index (χ4n) is 0.379. The Morgan fingerprint density at radius 3 is 2.60 bits per heavy atom. The van der Waals surface area contributed by atoms with Gasteiger partial charge in [0.25, 0.3) is 5.91 Å². The van der Waals surface area contributed by atoms with Crippen molar-refractivity contribution in [1.29, 1.82) is 0 Å². The Morgan fingerprint density at radius 2 is 2.20 bits per heavy atom. The van der Waals surface area contributed by atoms with Gasteiger partial charge in [-0.1, -0.05) is 24.7 Å². The molecule has 0 bridgehead atoms. The standard InChI is InChI=1S/C8H9NO/c1-3-4-7(2)5-6-8(9)10/h3-4H,1H2,2H3,(H2,9,10)/b7-4+. The van der Waals surface area contributed by atoms with E-state index < -0.39 is 5.91 Å². The molecule has 0 saturated heterocycles. The molecule has 0 atom stereocenters. The van der Waals surface area contributed by atoms with Crippen LogP contribution in [0.5, 0.6) is 0 Å². The third-order valence-electron chi connectivity index (χ3n) is 0.751. The summed E-state index contributed by atoms with van der Waals surface area (Å²) in [6.07, 6.45) is 3.31. The third-order valence-corrected chi connectivity index (χ3v) is 0.751. The van der Waals surface area contributed by atoms with E-state index >= 15 is 0 Å². The molecule has 0 aliphatic carbocycles. The first-order chi connectivity index (χ1) is 4.66. The SMILES string of the molecule is C=C/C=C(\C)C#CC(N)=O. The van der Waals surface area contributed by atoms with Crippen LogP contribution >= 0.6 is 0 Å². The van der Waals surface area contributed by atoms with E-state index in [-0.39, 0.29) is 0 Å². The van der Waals surface area contributed by atoms with E-state index in [0.29, 0.717) is 0 Å². The van der Waals surface area contributed by atoms with Gasteiger partial charge in [0.15, 0.2) is 0 Å². The van der Waals surface area contributed by atoms with Gasteiger partial charge in [-0.15, -0.1) is 0 Å². The Balaban J connectivity index is 4.17. The van der Waals surface area contributed by atoms with Gasteiger partial charge in [0.1, 0.15) is 0 Å². The highest BCUT2D eigenvalue weighted by Crippen LogP contribution is 1.87. The molecule has 0 spiro atoms. The number of nitrogens with two attached hydrogens (primary N) is 1. The molecule has 2 nitrogen and oxygen atoms in total. The van der Waals surface area contributed by atoms with Crippen LogP contribution < -0.4 is 5.73 Å². The second-order valence-electron chi connectivity index (χ2n) is 1.70. The molecule has 0 heterocycles. The van der Waals surface area contributed by atoms with Crippen LogP contribution in [0.4, 0.5) is 0 Å². The van der Waals surface area contributed by atoms with Gasteiger partial charge in [0, 0.05) is 0 Å². The van der Waals surface area contributed by atoms with E-state index in [1.807, 2.05) is 0 Å². The largest absolute Gasteiger partial charge is 0.359 e.